The summed E-state index contributed by atoms with van der Waals surface area (Å²) in [7, 11) is 3.88. The average molecular weight is 253 g/mol. The summed E-state index contributed by atoms with van der Waals surface area (Å²) in [5.74, 6) is -1.47. The molecule has 0 aromatic heterocycles. The highest BCUT2D eigenvalue weighted by Crippen LogP contribution is 2.21. The molecular formula is C13H17F2N3. The van der Waals surface area contributed by atoms with Crippen LogP contribution in [0.15, 0.2) is 12.1 Å². The standard InChI is InChI=1S/C13H17F2N3/c1-9(4-5-18(2)3)17-13-11(14)6-10(8-16)7-12(13)15/h6-7,9,17H,4-5H2,1-3H3. The zero-order valence-electron chi connectivity index (χ0n) is 10.8. The minimum atomic E-state index is -0.733. The SMILES string of the molecule is CC(CCN(C)C)Nc1c(F)cc(C#N)cc1F. The molecule has 5 heteroatoms. The first-order valence-electron chi connectivity index (χ1n) is 5.74. The first-order chi connectivity index (χ1) is 8.43. The minimum absolute atomic E-state index is 0.0171. The molecule has 0 aliphatic rings. The Morgan fingerprint density at radius 3 is 2.33 bits per heavy atom. The van der Waals surface area contributed by atoms with Gasteiger partial charge in [-0.3, -0.25) is 0 Å². The maximum Gasteiger partial charge on any atom is 0.150 e. The van der Waals surface area contributed by atoms with Crippen molar-refractivity contribution in [3.05, 3.63) is 29.3 Å². The number of nitrogens with zero attached hydrogens (tertiary/aromatic N) is 2. The van der Waals surface area contributed by atoms with Gasteiger partial charge in [0, 0.05) is 6.04 Å². The lowest BCUT2D eigenvalue weighted by atomic mass is 10.1. The first kappa shape index (κ1) is 14.4. The van der Waals surface area contributed by atoms with E-state index in [0.29, 0.717) is 0 Å². The molecule has 0 aliphatic heterocycles. The van der Waals surface area contributed by atoms with Gasteiger partial charge in [-0.25, -0.2) is 8.78 Å². The van der Waals surface area contributed by atoms with Gasteiger partial charge in [-0.1, -0.05) is 0 Å². The monoisotopic (exact) mass is 253 g/mol. The topological polar surface area (TPSA) is 39.1 Å². The van der Waals surface area contributed by atoms with Crippen molar-refractivity contribution in [2.45, 2.75) is 19.4 Å². The van der Waals surface area contributed by atoms with E-state index in [-0.39, 0.29) is 17.3 Å². The summed E-state index contributed by atoms with van der Waals surface area (Å²) in [6.07, 6.45) is 0.770. The van der Waals surface area contributed by atoms with Gasteiger partial charge in [-0.05, 0) is 46.1 Å². The lowest BCUT2D eigenvalue weighted by Crippen LogP contribution is -2.23. The van der Waals surface area contributed by atoms with Gasteiger partial charge in [0.2, 0.25) is 0 Å². The highest BCUT2D eigenvalue weighted by molar-refractivity contribution is 5.50. The number of hydrogen-bond donors (Lipinski definition) is 1. The summed E-state index contributed by atoms with van der Waals surface area (Å²) >= 11 is 0. The van der Waals surface area contributed by atoms with Gasteiger partial charge in [0.25, 0.3) is 0 Å². The molecule has 1 unspecified atom stereocenters. The third-order valence-electron chi connectivity index (χ3n) is 2.57. The van der Waals surface area contributed by atoms with Crippen LogP contribution in [0.2, 0.25) is 0 Å². The van der Waals surface area contributed by atoms with Crippen molar-refractivity contribution in [2.75, 3.05) is 26.0 Å². The molecule has 0 heterocycles. The van der Waals surface area contributed by atoms with E-state index in [1.807, 2.05) is 25.9 Å². The fourth-order valence-electron chi connectivity index (χ4n) is 1.55. The molecular weight excluding hydrogens is 236 g/mol. The Balaban J connectivity index is 2.76. The van der Waals surface area contributed by atoms with Crippen molar-refractivity contribution in [3.63, 3.8) is 0 Å². The van der Waals surface area contributed by atoms with Gasteiger partial charge in [-0.15, -0.1) is 0 Å². The third kappa shape index (κ3) is 3.97. The van der Waals surface area contributed by atoms with Crippen LogP contribution in [0.5, 0.6) is 0 Å². The molecule has 1 aromatic rings. The van der Waals surface area contributed by atoms with Gasteiger partial charge in [-0.2, -0.15) is 5.26 Å². The Morgan fingerprint density at radius 2 is 1.89 bits per heavy atom. The minimum Gasteiger partial charge on any atom is -0.378 e. The molecule has 1 aromatic carbocycles. The van der Waals surface area contributed by atoms with Crippen LogP contribution in [0.25, 0.3) is 0 Å². The van der Waals surface area contributed by atoms with Crippen LogP contribution in [-0.2, 0) is 0 Å². The Bertz CT molecular complexity index is 429. The molecule has 1 N–H and O–H groups in total. The van der Waals surface area contributed by atoms with Crippen molar-refractivity contribution in [1.29, 1.82) is 5.26 Å². The number of rotatable bonds is 5. The Hall–Kier alpha value is -1.67. The zero-order valence-corrected chi connectivity index (χ0v) is 10.8. The molecule has 0 amide bonds. The van der Waals surface area contributed by atoms with Gasteiger partial charge < -0.3 is 10.2 Å². The molecule has 0 saturated heterocycles. The van der Waals surface area contributed by atoms with Crippen molar-refractivity contribution in [1.82, 2.24) is 4.90 Å². The van der Waals surface area contributed by atoms with E-state index in [9.17, 15) is 8.78 Å². The zero-order chi connectivity index (χ0) is 13.7. The van der Waals surface area contributed by atoms with Crippen molar-refractivity contribution >= 4 is 5.69 Å². The van der Waals surface area contributed by atoms with E-state index >= 15 is 0 Å². The lowest BCUT2D eigenvalue weighted by molar-refractivity contribution is 0.390. The van der Waals surface area contributed by atoms with Crippen LogP contribution in [0.4, 0.5) is 14.5 Å². The summed E-state index contributed by atoms with van der Waals surface area (Å²) < 4.78 is 27.2. The molecule has 18 heavy (non-hydrogen) atoms. The number of nitriles is 1. The highest BCUT2D eigenvalue weighted by atomic mass is 19.1. The molecule has 1 rings (SSSR count). The second-order valence-electron chi connectivity index (χ2n) is 4.56. The van der Waals surface area contributed by atoms with Crippen LogP contribution >= 0.6 is 0 Å². The van der Waals surface area contributed by atoms with Gasteiger partial charge >= 0.3 is 0 Å². The first-order valence-corrected chi connectivity index (χ1v) is 5.74. The molecule has 0 fully saturated rings. The summed E-state index contributed by atoms with van der Waals surface area (Å²) in [6.45, 7) is 2.69. The molecule has 0 saturated carbocycles. The number of benzene rings is 1. The number of anilines is 1. The quantitative estimate of drug-likeness (QED) is 0.876. The van der Waals surface area contributed by atoms with Gasteiger partial charge in [0.1, 0.15) is 5.69 Å². The average Bonchev–Trinajstić information content (AvgIpc) is 2.30. The molecule has 0 radical (unpaired) electrons. The van der Waals surface area contributed by atoms with E-state index in [2.05, 4.69) is 5.32 Å². The predicted octanol–water partition coefficient (Wildman–Crippen LogP) is 2.59. The summed E-state index contributed by atoms with van der Waals surface area (Å²) in [4.78, 5) is 2.00. The van der Waals surface area contributed by atoms with E-state index in [1.54, 1.807) is 6.07 Å². The normalized spacial score (nSPS) is 12.3. The van der Waals surface area contributed by atoms with E-state index in [1.165, 1.54) is 0 Å². The molecule has 98 valence electrons. The molecule has 0 spiro atoms. The Morgan fingerprint density at radius 1 is 1.33 bits per heavy atom. The molecule has 3 nitrogen and oxygen atoms in total. The fraction of sp³-hybridized carbons (Fsp3) is 0.462. The third-order valence-corrected chi connectivity index (χ3v) is 2.57. The largest absolute Gasteiger partial charge is 0.378 e. The van der Waals surface area contributed by atoms with Gasteiger partial charge in [0.15, 0.2) is 11.6 Å². The van der Waals surface area contributed by atoms with Crippen LogP contribution in [0.3, 0.4) is 0 Å². The maximum atomic E-state index is 13.6. The lowest BCUT2D eigenvalue weighted by Gasteiger charge is -2.18. The van der Waals surface area contributed by atoms with Crippen molar-refractivity contribution < 1.29 is 8.78 Å². The van der Waals surface area contributed by atoms with Crippen LogP contribution < -0.4 is 5.32 Å². The summed E-state index contributed by atoms with van der Waals surface area (Å²) in [5.41, 5.74) is -0.184. The van der Waals surface area contributed by atoms with E-state index < -0.39 is 11.6 Å². The Labute approximate surface area is 106 Å². The second-order valence-corrected chi connectivity index (χ2v) is 4.56. The number of hydrogen-bond acceptors (Lipinski definition) is 3. The Kier molecular flexibility index (Phi) is 5.05. The van der Waals surface area contributed by atoms with E-state index in [0.717, 1.165) is 25.1 Å². The number of nitrogens with one attached hydrogen (secondary N) is 1. The fourth-order valence-corrected chi connectivity index (χ4v) is 1.55. The molecule has 0 bridgehead atoms. The van der Waals surface area contributed by atoms with Crippen molar-refractivity contribution in [3.8, 4) is 6.07 Å². The highest BCUT2D eigenvalue weighted by Gasteiger charge is 2.13. The maximum absolute atomic E-state index is 13.6. The van der Waals surface area contributed by atoms with Crippen LogP contribution in [0.1, 0.15) is 18.9 Å². The summed E-state index contributed by atoms with van der Waals surface area (Å²) in [6, 6.07) is 3.73. The van der Waals surface area contributed by atoms with Crippen LogP contribution in [-0.4, -0.2) is 31.6 Å². The molecule has 0 aliphatic carbocycles. The van der Waals surface area contributed by atoms with E-state index in [4.69, 9.17) is 5.26 Å². The number of halogens is 2. The second kappa shape index (κ2) is 6.31. The van der Waals surface area contributed by atoms with Crippen LogP contribution in [0, 0.1) is 23.0 Å². The smallest absolute Gasteiger partial charge is 0.150 e. The predicted molar refractivity (Wildman–Crippen MR) is 67.3 cm³/mol. The molecule has 1 atom stereocenters. The summed E-state index contributed by atoms with van der Waals surface area (Å²) in [5, 5.41) is 11.4. The van der Waals surface area contributed by atoms with Crippen molar-refractivity contribution in [2.24, 2.45) is 0 Å². The van der Waals surface area contributed by atoms with Gasteiger partial charge in [0.05, 0.1) is 11.6 Å².